The molecular formula is C33H40N4O7. The van der Waals surface area contributed by atoms with Crippen LogP contribution >= 0.6 is 0 Å². The molecule has 0 aromatic heterocycles. The number of rotatable bonds is 9. The lowest BCUT2D eigenvalue weighted by atomic mass is 10.0. The number of benzene rings is 3. The van der Waals surface area contributed by atoms with Gasteiger partial charge in [-0.25, -0.2) is 4.79 Å². The number of amides is 3. The van der Waals surface area contributed by atoms with Crippen molar-refractivity contribution < 1.29 is 33.6 Å². The molecule has 2 heterocycles. The molecule has 3 N–H and O–H groups in total. The molecular weight excluding hydrogens is 564 g/mol. The number of fused-ring (bicyclic) bond motifs is 2. The van der Waals surface area contributed by atoms with Crippen LogP contribution in [-0.4, -0.2) is 79.6 Å². The van der Waals surface area contributed by atoms with E-state index < -0.39 is 6.03 Å². The Bertz CT molecular complexity index is 1460. The second-order valence-electron chi connectivity index (χ2n) is 11.4. The molecule has 5 rings (SSSR count). The summed E-state index contributed by atoms with van der Waals surface area (Å²) in [6.07, 6.45) is -0.176. The van der Waals surface area contributed by atoms with Crippen molar-refractivity contribution in [3.05, 3.63) is 71.8 Å². The smallest absolute Gasteiger partial charge is 0.323 e. The number of urea groups is 1. The SMILES string of the molecule is COc1ccc(CN(C)C[C@@H]2Oc3ccc(NC(=O)Nc4ccc5c(c4)OCO5)cc3CC(=O)N([C@@H](C)CO)C[C@@H]2C)cc1. The fourth-order valence-corrected chi connectivity index (χ4v) is 5.41. The number of hydrogen-bond donors (Lipinski definition) is 3. The highest BCUT2D eigenvalue weighted by molar-refractivity contribution is 6.00. The van der Waals surface area contributed by atoms with Crippen molar-refractivity contribution in [1.29, 1.82) is 0 Å². The molecule has 11 heteroatoms. The third-order valence-electron chi connectivity index (χ3n) is 7.91. The molecule has 3 aromatic rings. The molecule has 2 aliphatic heterocycles. The number of ether oxygens (including phenoxy) is 4. The van der Waals surface area contributed by atoms with E-state index in [0.29, 0.717) is 53.8 Å². The average Bonchev–Trinajstić information content (AvgIpc) is 3.49. The van der Waals surface area contributed by atoms with Crippen LogP contribution in [-0.2, 0) is 17.8 Å². The Hall–Kier alpha value is -4.48. The molecule has 0 saturated carbocycles. The standard InChI is InChI=1S/C33H40N4O7/c1-21-16-37(22(2)19-38)32(39)14-24-13-25(34-33(40)35-26-8-12-29-30(15-26)43-20-42-29)7-11-28(24)44-31(21)18-36(3)17-23-5-9-27(41-4)10-6-23/h5-13,15,21-22,31,38H,14,16-20H2,1-4H3,(H2,34,35,40)/t21-,22-,31-/m0/s1. The minimum atomic E-state index is -0.443. The van der Waals surface area contributed by atoms with Crippen LogP contribution in [0.3, 0.4) is 0 Å². The molecule has 3 aromatic carbocycles. The van der Waals surface area contributed by atoms with Crippen LogP contribution in [0.15, 0.2) is 60.7 Å². The van der Waals surface area contributed by atoms with Crippen molar-refractivity contribution >= 4 is 23.3 Å². The predicted molar refractivity (Wildman–Crippen MR) is 167 cm³/mol. The van der Waals surface area contributed by atoms with Crippen LogP contribution in [0.25, 0.3) is 0 Å². The molecule has 0 fully saturated rings. The van der Waals surface area contributed by atoms with Gasteiger partial charge in [-0.1, -0.05) is 19.1 Å². The van der Waals surface area contributed by atoms with E-state index in [2.05, 4.69) is 22.5 Å². The zero-order chi connectivity index (χ0) is 31.2. The number of methoxy groups -OCH3 is 1. The number of hydrogen-bond acceptors (Lipinski definition) is 8. The first-order valence-electron chi connectivity index (χ1n) is 14.7. The minimum Gasteiger partial charge on any atom is -0.497 e. The van der Waals surface area contributed by atoms with Gasteiger partial charge in [0, 0.05) is 48.6 Å². The lowest BCUT2D eigenvalue weighted by molar-refractivity contribution is -0.134. The van der Waals surface area contributed by atoms with Gasteiger partial charge in [0.15, 0.2) is 11.5 Å². The van der Waals surface area contributed by atoms with E-state index in [4.69, 9.17) is 18.9 Å². The third kappa shape index (κ3) is 7.53. The third-order valence-corrected chi connectivity index (χ3v) is 7.91. The normalized spacial score (nSPS) is 18.4. The van der Waals surface area contributed by atoms with Crippen molar-refractivity contribution in [3.63, 3.8) is 0 Å². The molecule has 0 saturated heterocycles. The maximum absolute atomic E-state index is 13.5. The highest BCUT2D eigenvalue weighted by Gasteiger charge is 2.31. The first-order chi connectivity index (χ1) is 21.2. The van der Waals surface area contributed by atoms with Gasteiger partial charge in [-0.3, -0.25) is 9.69 Å². The van der Waals surface area contributed by atoms with Crippen molar-refractivity contribution in [2.45, 2.75) is 39.0 Å². The van der Waals surface area contributed by atoms with Gasteiger partial charge in [0.05, 0.1) is 26.2 Å². The molecule has 11 nitrogen and oxygen atoms in total. The average molecular weight is 605 g/mol. The lowest BCUT2D eigenvalue weighted by Gasteiger charge is -2.34. The first-order valence-corrected chi connectivity index (χ1v) is 14.7. The maximum atomic E-state index is 13.5. The van der Waals surface area contributed by atoms with E-state index in [-0.39, 0.29) is 43.8 Å². The Morgan fingerprint density at radius 2 is 1.73 bits per heavy atom. The Labute approximate surface area is 257 Å². The van der Waals surface area contributed by atoms with E-state index in [1.807, 2.05) is 38.2 Å². The summed E-state index contributed by atoms with van der Waals surface area (Å²) in [6.45, 7) is 5.67. The molecule has 0 bridgehead atoms. The van der Waals surface area contributed by atoms with Crippen molar-refractivity contribution in [2.75, 3.05) is 51.3 Å². The highest BCUT2D eigenvalue weighted by Crippen LogP contribution is 2.34. The van der Waals surface area contributed by atoms with E-state index in [9.17, 15) is 14.7 Å². The van der Waals surface area contributed by atoms with E-state index >= 15 is 0 Å². The second-order valence-corrected chi connectivity index (χ2v) is 11.4. The summed E-state index contributed by atoms with van der Waals surface area (Å²) in [6, 6.07) is 17.7. The van der Waals surface area contributed by atoms with Crippen molar-refractivity contribution in [1.82, 2.24) is 9.80 Å². The Balaban J connectivity index is 1.33. The topological polar surface area (TPSA) is 122 Å². The van der Waals surface area contributed by atoms with Gasteiger partial charge in [0.1, 0.15) is 17.6 Å². The summed E-state index contributed by atoms with van der Waals surface area (Å²) in [5, 5.41) is 15.6. The number of nitrogens with zero attached hydrogens (tertiary/aromatic N) is 2. The van der Waals surface area contributed by atoms with Crippen LogP contribution in [0.2, 0.25) is 0 Å². The van der Waals surface area contributed by atoms with Gasteiger partial charge in [-0.15, -0.1) is 0 Å². The molecule has 44 heavy (non-hydrogen) atoms. The van der Waals surface area contributed by atoms with Crippen LogP contribution in [0.5, 0.6) is 23.0 Å². The van der Waals surface area contributed by atoms with Crippen LogP contribution in [0, 0.1) is 5.92 Å². The van der Waals surface area contributed by atoms with E-state index in [0.717, 1.165) is 11.3 Å². The zero-order valence-corrected chi connectivity index (χ0v) is 25.5. The number of carbonyl (C=O) groups is 2. The Kier molecular flexibility index (Phi) is 9.76. The molecule has 0 spiro atoms. The van der Waals surface area contributed by atoms with Crippen LogP contribution in [0.1, 0.15) is 25.0 Å². The summed E-state index contributed by atoms with van der Waals surface area (Å²) < 4.78 is 22.6. The first kappa shape index (κ1) is 31.0. The quantitative estimate of drug-likeness (QED) is 0.330. The Morgan fingerprint density at radius 3 is 2.43 bits per heavy atom. The summed E-state index contributed by atoms with van der Waals surface area (Å²) >= 11 is 0. The molecule has 0 radical (unpaired) electrons. The molecule has 3 atom stereocenters. The summed E-state index contributed by atoms with van der Waals surface area (Å²) in [5.74, 6) is 2.45. The minimum absolute atomic E-state index is 0.0255. The predicted octanol–water partition coefficient (Wildman–Crippen LogP) is 4.35. The second kappa shape index (κ2) is 13.9. The summed E-state index contributed by atoms with van der Waals surface area (Å²) in [5.41, 5.74) is 2.87. The number of anilines is 2. The van der Waals surface area contributed by atoms with E-state index in [1.54, 1.807) is 48.4 Å². The fourth-order valence-electron chi connectivity index (χ4n) is 5.41. The lowest BCUT2D eigenvalue weighted by Crippen LogP contribution is -2.47. The highest BCUT2D eigenvalue weighted by atomic mass is 16.7. The van der Waals surface area contributed by atoms with E-state index in [1.165, 1.54) is 0 Å². The molecule has 2 aliphatic rings. The van der Waals surface area contributed by atoms with Gasteiger partial charge >= 0.3 is 6.03 Å². The van der Waals surface area contributed by atoms with Gasteiger partial charge in [0.2, 0.25) is 12.7 Å². The molecule has 0 unspecified atom stereocenters. The van der Waals surface area contributed by atoms with Gasteiger partial charge in [0.25, 0.3) is 0 Å². The molecule has 0 aliphatic carbocycles. The van der Waals surface area contributed by atoms with Gasteiger partial charge < -0.3 is 39.6 Å². The summed E-state index contributed by atoms with van der Waals surface area (Å²) in [7, 11) is 3.69. The molecule has 234 valence electrons. The van der Waals surface area contributed by atoms with Gasteiger partial charge in [-0.05, 0) is 62.0 Å². The van der Waals surface area contributed by atoms with Crippen molar-refractivity contribution in [3.8, 4) is 23.0 Å². The number of nitrogens with one attached hydrogen (secondary N) is 2. The summed E-state index contributed by atoms with van der Waals surface area (Å²) in [4.78, 5) is 30.3. The number of aliphatic hydroxyl groups excluding tert-OH is 1. The number of aliphatic hydroxyl groups is 1. The number of likely N-dealkylation sites (N-methyl/N-ethyl adjacent to an activating group) is 1. The van der Waals surface area contributed by atoms with Gasteiger partial charge in [-0.2, -0.15) is 0 Å². The number of carbonyl (C=O) groups excluding carboxylic acids is 2. The Morgan fingerprint density at radius 1 is 1.05 bits per heavy atom. The monoisotopic (exact) mass is 604 g/mol. The van der Waals surface area contributed by atoms with Crippen LogP contribution < -0.4 is 29.6 Å². The maximum Gasteiger partial charge on any atom is 0.323 e. The largest absolute Gasteiger partial charge is 0.497 e. The van der Waals surface area contributed by atoms with Crippen molar-refractivity contribution in [2.24, 2.45) is 5.92 Å². The van der Waals surface area contributed by atoms with Crippen LogP contribution in [0.4, 0.5) is 16.2 Å². The zero-order valence-electron chi connectivity index (χ0n) is 25.5. The molecule has 3 amide bonds. The fraction of sp³-hybridized carbons (Fsp3) is 0.394.